The minimum Gasteiger partial charge on any atom is -0.482 e. The first-order valence-electron chi connectivity index (χ1n) is 8.52. The lowest BCUT2D eigenvalue weighted by Gasteiger charge is -2.36. The lowest BCUT2D eigenvalue weighted by Crippen LogP contribution is -2.46. The predicted molar refractivity (Wildman–Crippen MR) is 88.6 cm³/mol. The number of amides is 2. The van der Waals surface area contributed by atoms with E-state index in [1.54, 1.807) is 4.90 Å². The molecule has 0 saturated carbocycles. The molecule has 1 aromatic carbocycles. The molecular weight excluding hydrogens is 292 g/mol. The summed E-state index contributed by atoms with van der Waals surface area (Å²) in [5.74, 6) is 0.791. The monoisotopic (exact) mass is 316 g/mol. The lowest BCUT2D eigenvalue weighted by molar-refractivity contribution is -0.134. The predicted octanol–water partition coefficient (Wildman–Crippen LogP) is 2.59. The van der Waals surface area contributed by atoms with Crippen molar-refractivity contribution >= 4 is 17.5 Å². The van der Waals surface area contributed by atoms with Crippen molar-refractivity contribution in [3.63, 3.8) is 0 Å². The molecule has 1 unspecified atom stereocenters. The van der Waals surface area contributed by atoms with E-state index in [4.69, 9.17) is 4.74 Å². The van der Waals surface area contributed by atoms with Gasteiger partial charge in [0.1, 0.15) is 5.75 Å². The second-order valence-corrected chi connectivity index (χ2v) is 6.20. The van der Waals surface area contributed by atoms with E-state index < -0.39 is 0 Å². The fourth-order valence-corrected chi connectivity index (χ4v) is 3.50. The number of likely N-dealkylation sites (tertiary alicyclic amines) is 1. The summed E-state index contributed by atoms with van der Waals surface area (Å²) in [5, 5.41) is 0. The zero-order valence-electron chi connectivity index (χ0n) is 13.7. The van der Waals surface area contributed by atoms with Gasteiger partial charge in [-0.1, -0.05) is 19.1 Å². The third kappa shape index (κ3) is 3.33. The van der Waals surface area contributed by atoms with Crippen LogP contribution in [-0.4, -0.2) is 42.5 Å². The number of hydrogen-bond acceptors (Lipinski definition) is 3. The van der Waals surface area contributed by atoms with Crippen molar-refractivity contribution in [2.45, 2.75) is 45.1 Å². The van der Waals surface area contributed by atoms with Gasteiger partial charge in [0.2, 0.25) is 5.91 Å². The zero-order chi connectivity index (χ0) is 16.2. The molecule has 2 heterocycles. The van der Waals surface area contributed by atoms with Crippen LogP contribution >= 0.6 is 0 Å². The highest BCUT2D eigenvalue weighted by molar-refractivity contribution is 5.98. The molecule has 3 rings (SSSR count). The molecule has 1 atom stereocenters. The van der Waals surface area contributed by atoms with Crippen LogP contribution in [-0.2, 0) is 9.59 Å². The normalized spacial score (nSPS) is 20.9. The topological polar surface area (TPSA) is 49.9 Å². The second-order valence-electron chi connectivity index (χ2n) is 6.20. The number of nitrogens with zero attached hydrogens (tertiary/aromatic N) is 2. The molecule has 0 spiro atoms. The summed E-state index contributed by atoms with van der Waals surface area (Å²) in [6.45, 7) is 3.46. The number of carbonyl (C=O) groups is 2. The molecule has 5 nitrogen and oxygen atoms in total. The first-order chi connectivity index (χ1) is 11.2. The van der Waals surface area contributed by atoms with Crippen LogP contribution in [0.1, 0.15) is 39.0 Å². The van der Waals surface area contributed by atoms with Crippen LogP contribution in [0.4, 0.5) is 5.69 Å². The first-order valence-corrected chi connectivity index (χ1v) is 8.52. The number of piperidine rings is 1. The number of anilines is 1. The van der Waals surface area contributed by atoms with Gasteiger partial charge in [0.25, 0.3) is 5.91 Å². The Bertz CT molecular complexity index is 587. The molecule has 23 heavy (non-hydrogen) atoms. The van der Waals surface area contributed by atoms with Crippen molar-refractivity contribution in [2.75, 3.05) is 24.6 Å². The summed E-state index contributed by atoms with van der Waals surface area (Å²) in [5.41, 5.74) is 0.766. The van der Waals surface area contributed by atoms with Crippen molar-refractivity contribution in [1.29, 1.82) is 0 Å². The standard InChI is InChI=1S/C18H24N2O3/c1-2-14-7-5-6-11-19(14)17(21)10-12-20-15-8-3-4-9-16(15)23-13-18(20)22/h3-4,8-9,14H,2,5-7,10-13H2,1H3. The van der Waals surface area contributed by atoms with Crippen LogP contribution < -0.4 is 9.64 Å². The Morgan fingerprint density at radius 2 is 2.13 bits per heavy atom. The summed E-state index contributed by atoms with van der Waals surface area (Å²) in [6, 6.07) is 7.86. The minimum absolute atomic E-state index is 0.0481. The van der Waals surface area contributed by atoms with Gasteiger partial charge in [-0.3, -0.25) is 9.59 Å². The van der Waals surface area contributed by atoms with Gasteiger partial charge in [0.15, 0.2) is 6.61 Å². The maximum Gasteiger partial charge on any atom is 0.265 e. The van der Waals surface area contributed by atoms with Gasteiger partial charge in [-0.15, -0.1) is 0 Å². The number of rotatable bonds is 4. The molecule has 2 aliphatic rings. The molecule has 0 aliphatic carbocycles. The fraction of sp³-hybridized carbons (Fsp3) is 0.556. The Morgan fingerprint density at radius 1 is 1.30 bits per heavy atom. The van der Waals surface area contributed by atoms with Gasteiger partial charge in [-0.25, -0.2) is 0 Å². The van der Waals surface area contributed by atoms with E-state index in [-0.39, 0.29) is 18.4 Å². The Balaban J connectivity index is 1.65. The van der Waals surface area contributed by atoms with Crippen LogP contribution in [0.25, 0.3) is 0 Å². The van der Waals surface area contributed by atoms with E-state index >= 15 is 0 Å². The molecule has 2 aliphatic heterocycles. The zero-order valence-corrected chi connectivity index (χ0v) is 13.7. The summed E-state index contributed by atoms with van der Waals surface area (Å²) >= 11 is 0. The van der Waals surface area contributed by atoms with Crippen LogP contribution in [0.2, 0.25) is 0 Å². The molecule has 5 heteroatoms. The summed E-state index contributed by atoms with van der Waals surface area (Å²) < 4.78 is 5.44. The SMILES string of the molecule is CCC1CCCCN1C(=O)CCN1C(=O)COc2ccccc21. The van der Waals surface area contributed by atoms with Gasteiger partial charge in [-0.2, -0.15) is 0 Å². The molecule has 0 bridgehead atoms. The molecule has 1 aromatic rings. The van der Waals surface area contributed by atoms with Gasteiger partial charge < -0.3 is 14.5 Å². The summed E-state index contributed by atoms with van der Waals surface area (Å²) in [4.78, 5) is 28.4. The van der Waals surface area contributed by atoms with E-state index in [9.17, 15) is 9.59 Å². The maximum atomic E-state index is 12.6. The number of fused-ring (bicyclic) bond motifs is 1. The van der Waals surface area contributed by atoms with Crippen molar-refractivity contribution in [2.24, 2.45) is 0 Å². The Morgan fingerprint density at radius 3 is 2.96 bits per heavy atom. The van der Waals surface area contributed by atoms with Gasteiger partial charge >= 0.3 is 0 Å². The van der Waals surface area contributed by atoms with Gasteiger partial charge in [0.05, 0.1) is 5.69 Å². The molecule has 0 radical (unpaired) electrons. The largest absolute Gasteiger partial charge is 0.482 e. The Hall–Kier alpha value is -2.04. The van der Waals surface area contributed by atoms with Crippen molar-refractivity contribution < 1.29 is 14.3 Å². The highest BCUT2D eigenvalue weighted by Gasteiger charge is 2.28. The third-order valence-corrected chi connectivity index (χ3v) is 4.78. The van der Waals surface area contributed by atoms with E-state index in [1.807, 2.05) is 29.2 Å². The number of hydrogen-bond donors (Lipinski definition) is 0. The summed E-state index contributed by atoms with van der Waals surface area (Å²) in [7, 11) is 0. The van der Waals surface area contributed by atoms with Crippen molar-refractivity contribution in [3.05, 3.63) is 24.3 Å². The molecular formula is C18H24N2O3. The number of ether oxygens (including phenoxy) is 1. The lowest BCUT2D eigenvalue weighted by atomic mass is 9.99. The average Bonchev–Trinajstić information content (AvgIpc) is 2.60. The van der Waals surface area contributed by atoms with Gasteiger partial charge in [0, 0.05) is 25.6 Å². The average molecular weight is 316 g/mol. The van der Waals surface area contributed by atoms with E-state index in [0.29, 0.717) is 24.8 Å². The second kappa shape index (κ2) is 7.02. The quantitative estimate of drug-likeness (QED) is 0.858. The van der Waals surface area contributed by atoms with E-state index in [0.717, 1.165) is 31.5 Å². The highest BCUT2D eigenvalue weighted by Crippen LogP contribution is 2.31. The van der Waals surface area contributed by atoms with Crippen LogP contribution in [0, 0.1) is 0 Å². The van der Waals surface area contributed by atoms with Crippen LogP contribution in [0.5, 0.6) is 5.75 Å². The smallest absolute Gasteiger partial charge is 0.265 e. The minimum atomic E-state index is -0.0813. The fourth-order valence-electron chi connectivity index (χ4n) is 3.50. The van der Waals surface area contributed by atoms with Crippen LogP contribution in [0.3, 0.4) is 0 Å². The Kier molecular flexibility index (Phi) is 4.84. The highest BCUT2D eigenvalue weighted by atomic mass is 16.5. The molecule has 0 N–H and O–H groups in total. The third-order valence-electron chi connectivity index (χ3n) is 4.78. The number of carbonyl (C=O) groups excluding carboxylic acids is 2. The molecule has 0 aromatic heterocycles. The Labute approximate surface area is 137 Å². The number of para-hydroxylation sites is 2. The van der Waals surface area contributed by atoms with Gasteiger partial charge in [-0.05, 0) is 37.8 Å². The molecule has 1 fully saturated rings. The van der Waals surface area contributed by atoms with E-state index in [2.05, 4.69) is 6.92 Å². The van der Waals surface area contributed by atoms with Crippen molar-refractivity contribution in [1.82, 2.24) is 4.90 Å². The molecule has 124 valence electrons. The van der Waals surface area contributed by atoms with Crippen LogP contribution in [0.15, 0.2) is 24.3 Å². The molecule has 1 saturated heterocycles. The number of benzene rings is 1. The molecule has 2 amide bonds. The first kappa shape index (κ1) is 15.8. The van der Waals surface area contributed by atoms with Crippen molar-refractivity contribution in [3.8, 4) is 5.75 Å². The summed E-state index contributed by atoms with van der Waals surface area (Å²) in [6.07, 6.45) is 4.77. The maximum absolute atomic E-state index is 12.6. The van der Waals surface area contributed by atoms with E-state index in [1.165, 1.54) is 6.42 Å².